The van der Waals surface area contributed by atoms with Gasteiger partial charge in [0.15, 0.2) is 0 Å². The Balaban J connectivity index is 1.50. The van der Waals surface area contributed by atoms with E-state index < -0.39 is 6.10 Å². The van der Waals surface area contributed by atoms with E-state index in [0.717, 1.165) is 41.3 Å². The summed E-state index contributed by atoms with van der Waals surface area (Å²) < 4.78 is 0. The van der Waals surface area contributed by atoms with Gasteiger partial charge in [-0.1, -0.05) is 54.5 Å². The minimum absolute atomic E-state index is 0.155. The third kappa shape index (κ3) is 4.27. The molecule has 0 spiro atoms. The van der Waals surface area contributed by atoms with E-state index in [-0.39, 0.29) is 12.1 Å². The number of carbonyl (C=O) groups is 1. The van der Waals surface area contributed by atoms with Gasteiger partial charge in [0.2, 0.25) is 0 Å². The molecule has 1 saturated carbocycles. The van der Waals surface area contributed by atoms with Gasteiger partial charge in [0, 0.05) is 5.56 Å². The molecule has 1 fully saturated rings. The van der Waals surface area contributed by atoms with Crippen molar-refractivity contribution in [1.82, 2.24) is 20.8 Å². The van der Waals surface area contributed by atoms with E-state index in [1.807, 2.05) is 30.3 Å². The van der Waals surface area contributed by atoms with Crippen molar-refractivity contribution in [3.8, 4) is 10.6 Å². The zero-order valence-electron chi connectivity index (χ0n) is 12.7. The Bertz CT molecular complexity index is 647. The molecule has 0 unspecified atom stereocenters. The molecule has 1 aromatic carbocycles. The monoisotopic (exact) mass is 332 g/mol. The first kappa shape index (κ1) is 15.9. The molecule has 0 saturated heterocycles. The van der Waals surface area contributed by atoms with Crippen molar-refractivity contribution in [2.24, 2.45) is 0 Å². The standard InChI is InChI=1S/C16H20N4O2S/c21-13-9-5-4-8-12(13)18-16(22)17-10-14-19-20-15(23-14)11-6-2-1-3-7-11/h1-3,6-7,12-13,21H,4-5,8-10H2,(H2,17,18,22)/t12-,13-/m1/s1. The quantitative estimate of drug-likeness (QED) is 0.802. The zero-order valence-corrected chi connectivity index (χ0v) is 13.6. The Labute approximate surface area is 139 Å². The number of nitrogens with one attached hydrogen (secondary N) is 2. The van der Waals surface area contributed by atoms with Crippen LogP contribution < -0.4 is 10.6 Å². The van der Waals surface area contributed by atoms with Crippen LogP contribution in [0.15, 0.2) is 30.3 Å². The number of carbonyl (C=O) groups excluding carboxylic acids is 1. The molecule has 6 nitrogen and oxygen atoms in total. The summed E-state index contributed by atoms with van der Waals surface area (Å²) >= 11 is 1.46. The van der Waals surface area contributed by atoms with Crippen LogP contribution in [0.3, 0.4) is 0 Å². The summed E-state index contributed by atoms with van der Waals surface area (Å²) in [5.41, 5.74) is 1.02. The molecule has 1 heterocycles. The van der Waals surface area contributed by atoms with Crippen molar-refractivity contribution in [2.45, 2.75) is 44.4 Å². The molecule has 0 aliphatic heterocycles. The molecule has 2 aromatic rings. The van der Waals surface area contributed by atoms with E-state index in [1.165, 1.54) is 11.3 Å². The number of urea groups is 1. The van der Waals surface area contributed by atoms with Crippen LogP contribution in [-0.4, -0.2) is 33.5 Å². The van der Waals surface area contributed by atoms with Gasteiger partial charge in [0.05, 0.1) is 18.7 Å². The summed E-state index contributed by atoms with van der Waals surface area (Å²) in [5.74, 6) is 0. The summed E-state index contributed by atoms with van der Waals surface area (Å²) in [6.07, 6.45) is 3.20. The topological polar surface area (TPSA) is 87.1 Å². The molecule has 0 bridgehead atoms. The Morgan fingerprint density at radius 3 is 2.78 bits per heavy atom. The van der Waals surface area contributed by atoms with E-state index in [9.17, 15) is 9.90 Å². The van der Waals surface area contributed by atoms with Crippen LogP contribution in [0.25, 0.3) is 10.6 Å². The van der Waals surface area contributed by atoms with Crippen LogP contribution in [0, 0.1) is 0 Å². The number of aliphatic hydroxyl groups is 1. The lowest BCUT2D eigenvalue weighted by Crippen LogP contribution is -2.48. The first-order chi connectivity index (χ1) is 11.2. The molecular formula is C16H20N4O2S. The minimum Gasteiger partial charge on any atom is -0.391 e. The van der Waals surface area contributed by atoms with Crippen LogP contribution in [0.4, 0.5) is 4.79 Å². The molecule has 1 aliphatic rings. The summed E-state index contributed by atoms with van der Waals surface area (Å²) in [5, 5.41) is 25.3. The lowest BCUT2D eigenvalue weighted by Gasteiger charge is -2.28. The fourth-order valence-electron chi connectivity index (χ4n) is 2.68. The second-order valence-corrected chi connectivity index (χ2v) is 6.71. The average molecular weight is 332 g/mol. The highest BCUT2D eigenvalue weighted by Gasteiger charge is 2.24. The fraction of sp³-hybridized carbons (Fsp3) is 0.438. The number of rotatable bonds is 4. The normalized spacial score (nSPS) is 20.9. The molecule has 3 N–H and O–H groups in total. The number of aliphatic hydroxyl groups excluding tert-OH is 1. The van der Waals surface area contributed by atoms with Gasteiger partial charge in [-0.2, -0.15) is 0 Å². The zero-order chi connectivity index (χ0) is 16.1. The highest BCUT2D eigenvalue weighted by atomic mass is 32.1. The van der Waals surface area contributed by atoms with Crippen LogP contribution in [0.1, 0.15) is 30.7 Å². The van der Waals surface area contributed by atoms with E-state index in [1.54, 1.807) is 0 Å². The predicted octanol–water partition coefficient (Wildman–Crippen LogP) is 2.31. The summed E-state index contributed by atoms with van der Waals surface area (Å²) in [6, 6.07) is 9.40. The van der Waals surface area contributed by atoms with Crippen LogP contribution in [0.5, 0.6) is 0 Å². The van der Waals surface area contributed by atoms with E-state index >= 15 is 0 Å². The number of amides is 2. The van der Waals surface area contributed by atoms with Crippen molar-refractivity contribution in [3.63, 3.8) is 0 Å². The van der Waals surface area contributed by atoms with Crippen molar-refractivity contribution < 1.29 is 9.90 Å². The first-order valence-corrected chi connectivity index (χ1v) is 8.64. The average Bonchev–Trinajstić information content (AvgIpc) is 3.05. The van der Waals surface area contributed by atoms with Crippen molar-refractivity contribution in [2.75, 3.05) is 0 Å². The van der Waals surface area contributed by atoms with Gasteiger partial charge in [-0.3, -0.25) is 0 Å². The van der Waals surface area contributed by atoms with Gasteiger partial charge < -0.3 is 15.7 Å². The Morgan fingerprint density at radius 2 is 2.00 bits per heavy atom. The smallest absolute Gasteiger partial charge is 0.315 e. The van der Waals surface area contributed by atoms with Gasteiger partial charge in [0.25, 0.3) is 0 Å². The maximum absolute atomic E-state index is 11.9. The molecule has 0 radical (unpaired) electrons. The number of hydrogen-bond donors (Lipinski definition) is 3. The third-order valence-corrected chi connectivity index (χ3v) is 4.91. The molecule has 7 heteroatoms. The predicted molar refractivity (Wildman–Crippen MR) is 89.0 cm³/mol. The van der Waals surface area contributed by atoms with E-state index in [4.69, 9.17) is 0 Å². The largest absolute Gasteiger partial charge is 0.391 e. The number of benzene rings is 1. The minimum atomic E-state index is -0.444. The summed E-state index contributed by atoms with van der Waals surface area (Å²) in [7, 11) is 0. The lowest BCUT2D eigenvalue weighted by molar-refractivity contribution is 0.0943. The van der Waals surface area contributed by atoms with Gasteiger partial charge in [-0.25, -0.2) is 4.79 Å². The summed E-state index contributed by atoms with van der Waals surface area (Å²) in [4.78, 5) is 11.9. The van der Waals surface area contributed by atoms with Crippen LogP contribution >= 0.6 is 11.3 Å². The summed E-state index contributed by atoms with van der Waals surface area (Å²) in [6.45, 7) is 0.332. The molecule has 2 atom stereocenters. The second kappa shape index (κ2) is 7.52. The van der Waals surface area contributed by atoms with Gasteiger partial charge in [-0.05, 0) is 12.8 Å². The maximum atomic E-state index is 11.9. The van der Waals surface area contributed by atoms with Gasteiger partial charge >= 0.3 is 6.03 Å². The molecule has 23 heavy (non-hydrogen) atoms. The Kier molecular flexibility index (Phi) is 5.19. The number of aromatic nitrogens is 2. The highest BCUT2D eigenvalue weighted by molar-refractivity contribution is 7.14. The first-order valence-electron chi connectivity index (χ1n) is 7.82. The second-order valence-electron chi connectivity index (χ2n) is 5.65. The third-order valence-electron chi connectivity index (χ3n) is 3.93. The number of nitrogens with zero attached hydrogens (tertiary/aromatic N) is 2. The van der Waals surface area contributed by atoms with Crippen LogP contribution in [0.2, 0.25) is 0 Å². The van der Waals surface area contributed by atoms with Crippen molar-refractivity contribution in [3.05, 3.63) is 35.3 Å². The maximum Gasteiger partial charge on any atom is 0.315 e. The van der Waals surface area contributed by atoms with Gasteiger partial charge in [0.1, 0.15) is 10.0 Å². The van der Waals surface area contributed by atoms with Gasteiger partial charge in [-0.15, -0.1) is 10.2 Å². The van der Waals surface area contributed by atoms with Crippen molar-refractivity contribution in [1.29, 1.82) is 0 Å². The molecular weight excluding hydrogens is 312 g/mol. The number of hydrogen-bond acceptors (Lipinski definition) is 5. The molecule has 3 rings (SSSR count). The molecule has 122 valence electrons. The Morgan fingerprint density at radius 1 is 1.22 bits per heavy atom. The SMILES string of the molecule is O=C(NCc1nnc(-c2ccccc2)s1)N[C@@H]1CCCC[C@H]1O. The highest BCUT2D eigenvalue weighted by Crippen LogP contribution is 2.23. The fourth-order valence-corrected chi connectivity index (χ4v) is 3.46. The molecule has 1 aromatic heterocycles. The molecule has 2 amide bonds. The van der Waals surface area contributed by atoms with Crippen molar-refractivity contribution >= 4 is 17.4 Å². The van der Waals surface area contributed by atoms with E-state index in [0.29, 0.717) is 6.54 Å². The van der Waals surface area contributed by atoms with Crippen LogP contribution in [-0.2, 0) is 6.54 Å². The lowest BCUT2D eigenvalue weighted by atomic mass is 9.93. The van der Waals surface area contributed by atoms with E-state index in [2.05, 4.69) is 20.8 Å². The molecule has 1 aliphatic carbocycles. The Hall–Kier alpha value is -1.99.